The van der Waals surface area contributed by atoms with Crippen LogP contribution in [0, 0.1) is 6.92 Å². The van der Waals surface area contributed by atoms with Crippen LogP contribution in [0.25, 0.3) is 0 Å². The van der Waals surface area contributed by atoms with Gasteiger partial charge in [-0.05, 0) is 19.3 Å². The van der Waals surface area contributed by atoms with Crippen molar-refractivity contribution in [3.05, 3.63) is 23.3 Å². The Morgan fingerprint density at radius 1 is 1.48 bits per heavy atom. The highest BCUT2D eigenvalue weighted by molar-refractivity contribution is 5.95. The molecule has 0 aromatic carbocycles. The minimum absolute atomic E-state index is 0.0781. The van der Waals surface area contributed by atoms with Gasteiger partial charge in [0.2, 0.25) is 0 Å². The van der Waals surface area contributed by atoms with E-state index in [0.29, 0.717) is 30.0 Å². The fourth-order valence-corrected chi connectivity index (χ4v) is 2.94. The summed E-state index contributed by atoms with van der Waals surface area (Å²) in [6.07, 6.45) is 1.84. The van der Waals surface area contributed by atoms with Crippen molar-refractivity contribution >= 4 is 11.9 Å². The van der Waals surface area contributed by atoms with Crippen molar-refractivity contribution in [3.63, 3.8) is 0 Å². The number of methoxy groups -OCH3 is 1. The van der Waals surface area contributed by atoms with Crippen molar-refractivity contribution in [2.24, 2.45) is 0 Å². The molecule has 7 nitrogen and oxygen atoms in total. The van der Waals surface area contributed by atoms with Gasteiger partial charge in [0.05, 0.1) is 23.8 Å². The SMILES string of the molecule is COC1CC(CC(=O)O)N(C(=O)c2cnc(C)nc2C(C)C)C1. The Kier molecular flexibility index (Phi) is 5.30. The second-order valence-corrected chi connectivity index (χ2v) is 6.17. The molecule has 1 amide bonds. The summed E-state index contributed by atoms with van der Waals surface area (Å²) in [6.45, 7) is 6.10. The molecule has 1 aliphatic rings. The van der Waals surface area contributed by atoms with Crippen LogP contribution in [0.2, 0.25) is 0 Å². The number of hydrogen-bond acceptors (Lipinski definition) is 5. The molecular weight excluding hydrogens is 298 g/mol. The maximum atomic E-state index is 12.9. The third kappa shape index (κ3) is 3.85. The van der Waals surface area contributed by atoms with E-state index in [-0.39, 0.29) is 30.4 Å². The molecule has 2 atom stereocenters. The zero-order valence-electron chi connectivity index (χ0n) is 13.9. The third-order valence-corrected chi connectivity index (χ3v) is 4.10. The second-order valence-electron chi connectivity index (χ2n) is 6.17. The number of rotatable bonds is 5. The van der Waals surface area contributed by atoms with Crippen molar-refractivity contribution in [1.82, 2.24) is 14.9 Å². The Labute approximate surface area is 135 Å². The van der Waals surface area contributed by atoms with Gasteiger partial charge in [-0.15, -0.1) is 0 Å². The number of amides is 1. The van der Waals surface area contributed by atoms with Gasteiger partial charge >= 0.3 is 5.97 Å². The number of carboxylic acid groups (broad SMARTS) is 1. The van der Waals surface area contributed by atoms with Gasteiger partial charge in [-0.2, -0.15) is 0 Å². The second kappa shape index (κ2) is 7.04. The van der Waals surface area contributed by atoms with Gasteiger partial charge in [0, 0.05) is 25.9 Å². The Hall–Kier alpha value is -2.02. The summed E-state index contributed by atoms with van der Waals surface area (Å²) in [5, 5.41) is 9.08. The quantitative estimate of drug-likeness (QED) is 0.886. The molecule has 0 saturated carbocycles. The Morgan fingerprint density at radius 3 is 2.74 bits per heavy atom. The monoisotopic (exact) mass is 321 g/mol. The molecule has 2 unspecified atom stereocenters. The van der Waals surface area contributed by atoms with Gasteiger partial charge in [-0.25, -0.2) is 9.97 Å². The van der Waals surface area contributed by atoms with Gasteiger partial charge in [0.1, 0.15) is 5.82 Å². The molecule has 0 bridgehead atoms. The van der Waals surface area contributed by atoms with Gasteiger partial charge in [-0.3, -0.25) is 9.59 Å². The number of likely N-dealkylation sites (tertiary alicyclic amines) is 1. The van der Waals surface area contributed by atoms with Crippen LogP contribution >= 0.6 is 0 Å². The maximum absolute atomic E-state index is 12.9. The first-order valence-corrected chi connectivity index (χ1v) is 7.72. The summed E-state index contributed by atoms with van der Waals surface area (Å²) in [6, 6.07) is -0.369. The summed E-state index contributed by atoms with van der Waals surface area (Å²) in [5.41, 5.74) is 1.13. The van der Waals surface area contributed by atoms with E-state index in [2.05, 4.69) is 9.97 Å². The zero-order chi connectivity index (χ0) is 17.1. The predicted molar refractivity (Wildman–Crippen MR) is 83.3 cm³/mol. The third-order valence-electron chi connectivity index (χ3n) is 4.10. The van der Waals surface area contributed by atoms with Crippen LogP contribution in [0.3, 0.4) is 0 Å². The molecular formula is C16H23N3O4. The minimum atomic E-state index is -0.922. The Balaban J connectivity index is 2.32. The van der Waals surface area contributed by atoms with Crippen molar-refractivity contribution in [3.8, 4) is 0 Å². The van der Waals surface area contributed by atoms with Crippen molar-refractivity contribution < 1.29 is 19.4 Å². The van der Waals surface area contributed by atoms with Gasteiger partial charge in [0.25, 0.3) is 5.91 Å². The smallest absolute Gasteiger partial charge is 0.305 e. The summed E-state index contributed by atoms with van der Waals surface area (Å²) in [4.78, 5) is 34.1. The maximum Gasteiger partial charge on any atom is 0.305 e. The fourth-order valence-electron chi connectivity index (χ4n) is 2.94. The molecule has 7 heteroatoms. The molecule has 0 spiro atoms. The van der Waals surface area contributed by atoms with Gasteiger partial charge in [-0.1, -0.05) is 13.8 Å². The molecule has 1 aromatic heterocycles. The molecule has 2 heterocycles. The normalized spacial score (nSPS) is 21.0. The highest BCUT2D eigenvalue weighted by Gasteiger charge is 2.38. The van der Waals surface area contributed by atoms with E-state index in [1.165, 1.54) is 6.20 Å². The lowest BCUT2D eigenvalue weighted by molar-refractivity contribution is -0.137. The van der Waals surface area contributed by atoms with Crippen molar-refractivity contribution in [2.45, 2.75) is 51.7 Å². The van der Waals surface area contributed by atoms with E-state index in [1.54, 1.807) is 18.9 Å². The molecule has 23 heavy (non-hydrogen) atoms. The van der Waals surface area contributed by atoms with E-state index in [1.807, 2.05) is 13.8 Å². The van der Waals surface area contributed by atoms with Crippen LogP contribution in [0.5, 0.6) is 0 Å². The molecule has 126 valence electrons. The average molecular weight is 321 g/mol. The number of nitrogens with zero attached hydrogens (tertiary/aromatic N) is 3. The van der Waals surface area contributed by atoms with Crippen LogP contribution < -0.4 is 0 Å². The standard InChI is InChI=1S/C16H23N3O4/c1-9(2)15-13(7-17-10(3)18-15)16(22)19-8-12(23-4)5-11(19)6-14(20)21/h7,9,11-12H,5-6,8H2,1-4H3,(H,20,21). The highest BCUT2D eigenvalue weighted by Crippen LogP contribution is 2.27. The predicted octanol–water partition coefficient (Wildman–Crippen LogP) is 1.61. The number of carbonyl (C=O) groups excluding carboxylic acids is 1. The van der Waals surface area contributed by atoms with E-state index < -0.39 is 5.97 Å². The summed E-state index contributed by atoms with van der Waals surface area (Å²) in [5.74, 6) is -0.453. The number of hydrogen-bond donors (Lipinski definition) is 1. The Bertz CT molecular complexity index is 603. The number of carbonyl (C=O) groups is 2. The van der Waals surface area contributed by atoms with E-state index >= 15 is 0 Å². The van der Waals surface area contributed by atoms with E-state index in [4.69, 9.17) is 9.84 Å². The number of aliphatic carboxylic acids is 1. The zero-order valence-corrected chi connectivity index (χ0v) is 13.9. The van der Waals surface area contributed by atoms with Crippen LogP contribution in [-0.4, -0.2) is 57.7 Å². The lowest BCUT2D eigenvalue weighted by atomic mass is 10.0. The molecule has 1 N–H and O–H groups in total. The van der Waals surface area contributed by atoms with Crippen LogP contribution in [0.4, 0.5) is 0 Å². The first-order chi connectivity index (χ1) is 10.8. The van der Waals surface area contributed by atoms with Crippen molar-refractivity contribution in [1.29, 1.82) is 0 Å². The minimum Gasteiger partial charge on any atom is -0.481 e. The number of aromatic nitrogens is 2. The van der Waals surface area contributed by atoms with E-state index in [9.17, 15) is 9.59 Å². The molecule has 1 aliphatic heterocycles. The van der Waals surface area contributed by atoms with Crippen molar-refractivity contribution in [2.75, 3.05) is 13.7 Å². The number of ether oxygens (including phenoxy) is 1. The number of aryl methyl sites for hydroxylation is 1. The summed E-state index contributed by atoms with van der Waals surface area (Å²) in [7, 11) is 1.57. The van der Waals surface area contributed by atoms with E-state index in [0.717, 1.165) is 0 Å². The number of carboxylic acids is 1. The lowest BCUT2D eigenvalue weighted by Crippen LogP contribution is -2.38. The Morgan fingerprint density at radius 2 is 2.17 bits per heavy atom. The first-order valence-electron chi connectivity index (χ1n) is 7.72. The summed E-state index contributed by atoms with van der Waals surface area (Å²) < 4.78 is 5.32. The molecule has 2 rings (SSSR count). The average Bonchev–Trinajstić information content (AvgIpc) is 2.88. The fraction of sp³-hybridized carbons (Fsp3) is 0.625. The van der Waals surface area contributed by atoms with Crippen LogP contribution in [0.15, 0.2) is 6.20 Å². The first kappa shape index (κ1) is 17.3. The van der Waals surface area contributed by atoms with Crippen LogP contribution in [0.1, 0.15) is 54.5 Å². The largest absolute Gasteiger partial charge is 0.481 e. The van der Waals surface area contributed by atoms with Crippen LogP contribution in [-0.2, 0) is 9.53 Å². The summed E-state index contributed by atoms with van der Waals surface area (Å²) >= 11 is 0. The lowest BCUT2D eigenvalue weighted by Gasteiger charge is -2.24. The molecule has 1 fully saturated rings. The highest BCUT2D eigenvalue weighted by atomic mass is 16.5. The molecule has 0 radical (unpaired) electrons. The molecule has 0 aliphatic carbocycles. The topological polar surface area (TPSA) is 92.6 Å². The van der Waals surface area contributed by atoms with Gasteiger partial charge < -0.3 is 14.7 Å². The molecule has 1 saturated heterocycles. The van der Waals surface area contributed by atoms with Gasteiger partial charge in [0.15, 0.2) is 0 Å². The molecule has 1 aromatic rings.